The summed E-state index contributed by atoms with van der Waals surface area (Å²) in [6, 6.07) is -0.440. The summed E-state index contributed by atoms with van der Waals surface area (Å²) in [5.41, 5.74) is 0.0259. The molecule has 3 N–H and O–H groups in total. The normalized spacial score (nSPS) is 23.5. The van der Waals surface area contributed by atoms with Gasteiger partial charge in [0.1, 0.15) is 5.01 Å². The molecule has 116 valence electrons. The Morgan fingerprint density at radius 2 is 2.38 bits per heavy atom. The van der Waals surface area contributed by atoms with Crippen LogP contribution in [0.15, 0.2) is 5.38 Å². The second-order valence-electron chi connectivity index (χ2n) is 5.41. The average Bonchev–Trinajstić information content (AvgIpc) is 2.97. The number of carboxylic acids is 1. The Kier molecular flexibility index (Phi) is 5.30. The molecule has 2 rings (SSSR count). The number of hydrogen-bond donors (Lipinski definition) is 3. The molecule has 0 saturated carbocycles. The van der Waals surface area contributed by atoms with Gasteiger partial charge >= 0.3 is 5.97 Å². The molecular weight excluding hydrogens is 290 g/mol. The Morgan fingerprint density at radius 1 is 1.62 bits per heavy atom. The maximum absolute atomic E-state index is 12.3. The first-order chi connectivity index (χ1) is 10.0. The molecule has 7 heteroatoms. The molecule has 1 aliphatic rings. The first-order valence-corrected chi connectivity index (χ1v) is 8.11. The first-order valence-electron chi connectivity index (χ1n) is 7.23. The van der Waals surface area contributed by atoms with Gasteiger partial charge in [0.05, 0.1) is 12.1 Å². The van der Waals surface area contributed by atoms with E-state index in [2.05, 4.69) is 22.5 Å². The van der Waals surface area contributed by atoms with Crippen LogP contribution >= 0.6 is 11.3 Å². The van der Waals surface area contributed by atoms with Gasteiger partial charge in [-0.05, 0) is 32.2 Å². The number of amides is 1. The molecule has 1 aliphatic heterocycles. The van der Waals surface area contributed by atoms with Gasteiger partial charge in [-0.1, -0.05) is 13.3 Å². The van der Waals surface area contributed by atoms with Crippen molar-refractivity contribution in [3.8, 4) is 0 Å². The number of piperidine rings is 1. The van der Waals surface area contributed by atoms with Crippen LogP contribution in [0.5, 0.6) is 0 Å². The van der Waals surface area contributed by atoms with Crippen molar-refractivity contribution in [2.45, 2.75) is 45.2 Å². The summed E-state index contributed by atoms with van der Waals surface area (Å²) in [5.74, 6) is -0.487. The van der Waals surface area contributed by atoms with Crippen molar-refractivity contribution >= 4 is 23.2 Å². The number of carbonyl (C=O) groups excluding carboxylic acids is 1. The smallest absolute Gasteiger partial charge is 0.355 e. The summed E-state index contributed by atoms with van der Waals surface area (Å²) >= 11 is 1.25. The van der Waals surface area contributed by atoms with Gasteiger partial charge in [0.2, 0.25) is 5.91 Å². The largest absolute Gasteiger partial charge is 0.476 e. The van der Waals surface area contributed by atoms with E-state index in [1.165, 1.54) is 16.7 Å². The van der Waals surface area contributed by atoms with Crippen molar-refractivity contribution in [2.24, 2.45) is 5.92 Å². The molecular formula is C14H21N3O3S. The van der Waals surface area contributed by atoms with Gasteiger partial charge in [-0.2, -0.15) is 0 Å². The van der Waals surface area contributed by atoms with Crippen LogP contribution in [-0.4, -0.2) is 34.6 Å². The van der Waals surface area contributed by atoms with Crippen molar-refractivity contribution in [3.05, 3.63) is 16.1 Å². The van der Waals surface area contributed by atoms with Gasteiger partial charge < -0.3 is 15.7 Å². The molecule has 1 amide bonds. The Hall–Kier alpha value is -1.47. The van der Waals surface area contributed by atoms with Gasteiger partial charge in [0.25, 0.3) is 0 Å². The standard InChI is InChI=1S/C14H21N3O3S/c1-3-9-4-5-15-10(6-9)12(18)16-8(2)13-17-11(7-21-13)14(19)20/h7-10,15H,3-6H2,1-2H3,(H,16,18)(H,19,20). The van der Waals surface area contributed by atoms with E-state index in [4.69, 9.17) is 5.11 Å². The molecule has 0 spiro atoms. The number of aromatic nitrogens is 1. The lowest BCUT2D eigenvalue weighted by Crippen LogP contribution is -2.49. The third-order valence-corrected chi connectivity index (χ3v) is 4.90. The molecule has 0 bridgehead atoms. The van der Waals surface area contributed by atoms with Crippen LogP contribution in [0.1, 0.15) is 54.6 Å². The lowest BCUT2D eigenvalue weighted by atomic mass is 9.90. The second kappa shape index (κ2) is 7.00. The molecule has 1 fully saturated rings. The second-order valence-corrected chi connectivity index (χ2v) is 6.30. The van der Waals surface area contributed by atoms with E-state index in [1.54, 1.807) is 0 Å². The van der Waals surface area contributed by atoms with Crippen molar-refractivity contribution in [3.63, 3.8) is 0 Å². The number of aromatic carboxylic acids is 1. The number of hydrogen-bond acceptors (Lipinski definition) is 5. The van der Waals surface area contributed by atoms with E-state index in [0.29, 0.717) is 10.9 Å². The number of nitrogens with zero attached hydrogens (tertiary/aromatic N) is 1. The van der Waals surface area contributed by atoms with Crippen LogP contribution in [0.4, 0.5) is 0 Å². The Bertz CT molecular complexity index is 517. The number of carbonyl (C=O) groups is 2. The number of nitrogens with one attached hydrogen (secondary N) is 2. The minimum atomic E-state index is -1.05. The average molecular weight is 311 g/mol. The highest BCUT2D eigenvalue weighted by Crippen LogP contribution is 2.21. The van der Waals surface area contributed by atoms with Crippen LogP contribution in [0.2, 0.25) is 0 Å². The maximum atomic E-state index is 12.3. The highest BCUT2D eigenvalue weighted by Gasteiger charge is 2.27. The zero-order valence-electron chi connectivity index (χ0n) is 12.3. The Labute approximate surface area is 128 Å². The molecule has 6 nitrogen and oxygen atoms in total. The molecule has 1 aromatic rings. The Balaban J connectivity index is 1.93. The fraction of sp³-hybridized carbons (Fsp3) is 0.643. The SMILES string of the molecule is CCC1CCNC(C(=O)NC(C)c2nc(C(=O)O)cs2)C1. The van der Waals surface area contributed by atoms with Crippen LogP contribution in [0, 0.1) is 5.92 Å². The lowest BCUT2D eigenvalue weighted by Gasteiger charge is -2.29. The van der Waals surface area contributed by atoms with Crippen molar-refractivity contribution < 1.29 is 14.7 Å². The fourth-order valence-corrected chi connectivity index (χ4v) is 3.33. The van der Waals surface area contributed by atoms with E-state index in [1.807, 2.05) is 6.92 Å². The minimum absolute atomic E-state index is 0.0259. The monoisotopic (exact) mass is 311 g/mol. The summed E-state index contributed by atoms with van der Waals surface area (Å²) in [6.07, 6.45) is 3.06. The molecule has 3 unspecified atom stereocenters. The summed E-state index contributed by atoms with van der Waals surface area (Å²) in [6.45, 7) is 4.84. The van der Waals surface area contributed by atoms with Crippen LogP contribution in [0.25, 0.3) is 0 Å². The van der Waals surface area contributed by atoms with Crippen molar-refractivity contribution in [1.29, 1.82) is 0 Å². The molecule has 0 aromatic carbocycles. The molecule has 1 aromatic heterocycles. The third kappa shape index (κ3) is 4.01. The predicted octanol–water partition coefficient (Wildman–Crippen LogP) is 1.80. The van der Waals surface area contributed by atoms with Crippen LogP contribution < -0.4 is 10.6 Å². The minimum Gasteiger partial charge on any atom is -0.476 e. The van der Waals surface area contributed by atoms with Gasteiger partial charge in [0.15, 0.2) is 5.69 Å². The lowest BCUT2D eigenvalue weighted by molar-refractivity contribution is -0.124. The van der Waals surface area contributed by atoms with Crippen molar-refractivity contribution in [1.82, 2.24) is 15.6 Å². The molecule has 2 heterocycles. The van der Waals surface area contributed by atoms with Gasteiger partial charge in [-0.25, -0.2) is 9.78 Å². The first kappa shape index (κ1) is 15.9. The van der Waals surface area contributed by atoms with E-state index >= 15 is 0 Å². The highest BCUT2D eigenvalue weighted by atomic mass is 32.1. The van der Waals surface area contributed by atoms with E-state index in [9.17, 15) is 9.59 Å². The zero-order chi connectivity index (χ0) is 15.4. The van der Waals surface area contributed by atoms with Crippen LogP contribution in [-0.2, 0) is 4.79 Å². The fourth-order valence-electron chi connectivity index (χ4n) is 2.53. The third-order valence-electron chi connectivity index (χ3n) is 3.88. The quantitative estimate of drug-likeness (QED) is 0.771. The molecule has 3 atom stereocenters. The molecule has 1 saturated heterocycles. The molecule has 0 aliphatic carbocycles. The number of carboxylic acid groups (broad SMARTS) is 1. The highest BCUT2D eigenvalue weighted by molar-refractivity contribution is 7.09. The van der Waals surface area contributed by atoms with E-state index < -0.39 is 5.97 Å². The van der Waals surface area contributed by atoms with Gasteiger partial charge in [-0.3, -0.25) is 4.79 Å². The van der Waals surface area contributed by atoms with Gasteiger partial charge in [-0.15, -0.1) is 11.3 Å². The molecule has 0 radical (unpaired) electrons. The summed E-state index contributed by atoms with van der Waals surface area (Å²) < 4.78 is 0. The summed E-state index contributed by atoms with van der Waals surface area (Å²) in [4.78, 5) is 27.1. The number of rotatable bonds is 5. The van der Waals surface area contributed by atoms with Gasteiger partial charge in [0, 0.05) is 5.38 Å². The summed E-state index contributed by atoms with van der Waals surface area (Å²) in [7, 11) is 0. The maximum Gasteiger partial charge on any atom is 0.355 e. The zero-order valence-corrected chi connectivity index (χ0v) is 13.1. The number of thiazole rings is 1. The van der Waals surface area contributed by atoms with E-state index in [-0.39, 0.29) is 23.7 Å². The molecule has 21 heavy (non-hydrogen) atoms. The Morgan fingerprint density at radius 3 is 3.00 bits per heavy atom. The topological polar surface area (TPSA) is 91.3 Å². The summed E-state index contributed by atoms with van der Waals surface area (Å²) in [5, 5.41) is 17.1. The van der Waals surface area contributed by atoms with E-state index in [0.717, 1.165) is 25.8 Å². The van der Waals surface area contributed by atoms with Crippen molar-refractivity contribution in [2.75, 3.05) is 6.54 Å². The van der Waals surface area contributed by atoms with Crippen LogP contribution in [0.3, 0.4) is 0 Å². The predicted molar refractivity (Wildman–Crippen MR) is 80.4 cm³/mol.